The second-order valence-electron chi connectivity index (χ2n) is 7.54. The highest BCUT2D eigenvalue weighted by atomic mass is 35.5. The van der Waals surface area contributed by atoms with Crippen LogP contribution in [0.25, 0.3) is 0 Å². The molecule has 9 heteroatoms. The van der Waals surface area contributed by atoms with Crippen LogP contribution in [0.3, 0.4) is 0 Å². The number of aromatic nitrogens is 2. The molecule has 0 radical (unpaired) electrons. The molecule has 3 aliphatic carbocycles. The number of nitrogens with zero attached hydrogens (tertiary/aromatic N) is 2. The van der Waals surface area contributed by atoms with E-state index in [0.29, 0.717) is 31.4 Å². The van der Waals surface area contributed by atoms with Crippen molar-refractivity contribution in [2.24, 2.45) is 0 Å². The maximum atomic E-state index is 13.4. The Bertz CT molecular complexity index is 925. The van der Waals surface area contributed by atoms with E-state index in [9.17, 15) is 14.0 Å². The third-order valence-electron chi connectivity index (χ3n) is 5.29. The van der Waals surface area contributed by atoms with E-state index in [2.05, 4.69) is 15.7 Å². The maximum Gasteiger partial charge on any atom is 0.258 e. The molecule has 2 aromatic rings. The van der Waals surface area contributed by atoms with Crippen LogP contribution in [0, 0.1) is 5.82 Å². The van der Waals surface area contributed by atoms with Gasteiger partial charge in [-0.2, -0.15) is 5.10 Å². The minimum atomic E-state index is -0.596. The number of carbonyl (C=O) groups is 2. The van der Waals surface area contributed by atoms with Crippen LogP contribution in [-0.4, -0.2) is 39.3 Å². The van der Waals surface area contributed by atoms with E-state index >= 15 is 0 Å². The molecular weight excluding hydrogens is 387 g/mol. The van der Waals surface area contributed by atoms with Crippen molar-refractivity contribution in [2.75, 3.05) is 6.61 Å². The van der Waals surface area contributed by atoms with Crippen molar-refractivity contribution < 1.29 is 18.7 Å². The van der Waals surface area contributed by atoms with Crippen LogP contribution in [0.4, 0.5) is 4.39 Å². The molecule has 0 saturated heterocycles. The number of amides is 2. The van der Waals surface area contributed by atoms with Gasteiger partial charge >= 0.3 is 0 Å². The van der Waals surface area contributed by atoms with Gasteiger partial charge in [-0.1, -0.05) is 11.6 Å². The predicted octanol–water partition coefficient (Wildman–Crippen LogP) is 2.30. The molecule has 0 unspecified atom stereocenters. The number of ether oxygens (including phenoxy) is 1. The summed E-state index contributed by atoms with van der Waals surface area (Å²) in [6.07, 6.45) is 5.34. The maximum absolute atomic E-state index is 13.4. The summed E-state index contributed by atoms with van der Waals surface area (Å²) in [6.45, 7) is 2.45. The number of hydrogen-bond acceptors (Lipinski definition) is 4. The molecule has 28 heavy (non-hydrogen) atoms. The second kappa shape index (κ2) is 6.77. The number of halogens is 2. The van der Waals surface area contributed by atoms with Crippen molar-refractivity contribution in [1.82, 2.24) is 20.4 Å². The molecule has 2 N–H and O–H groups in total. The molecule has 3 fully saturated rings. The molecule has 2 amide bonds. The van der Waals surface area contributed by atoms with E-state index < -0.39 is 5.82 Å². The second-order valence-corrected chi connectivity index (χ2v) is 7.95. The SMILES string of the molecule is CCn1cc(C(=O)NC23CC(NC(=O)COc4ccc(Cl)c(F)c4)(C2)C3)cn1. The van der Waals surface area contributed by atoms with Gasteiger partial charge in [0.1, 0.15) is 11.6 Å². The molecule has 1 aromatic heterocycles. The molecule has 2 bridgehead atoms. The molecule has 7 nitrogen and oxygen atoms in total. The molecular formula is C19H20ClFN4O3. The Kier molecular flexibility index (Phi) is 4.53. The number of hydrogen-bond donors (Lipinski definition) is 2. The van der Waals surface area contributed by atoms with Crippen LogP contribution in [0.1, 0.15) is 36.5 Å². The van der Waals surface area contributed by atoms with Gasteiger partial charge in [0.2, 0.25) is 0 Å². The Morgan fingerprint density at radius 2 is 2.00 bits per heavy atom. The van der Waals surface area contributed by atoms with Gasteiger partial charge in [0, 0.05) is 29.9 Å². The molecule has 3 saturated carbocycles. The number of aryl methyl sites for hydroxylation is 1. The summed E-state index contributed by atoms with van der Waals surface area (Å²) in [5, 5.41) is 10.1. The fourth-order valence-corrected chi connectivity index (χ4v) is 4.18. The summed E-state index contributed by atoms with van der Waals surface area (Å²) in [6, 6.07) is 4.02. The highest BCUT2D eigenvalue weighted by Crippen LogP contribution is 2.60. The van der Waals surface area contributed by atoms with E-state index in [4.69, 9.17) is 16.3 Å². The van der Waals surface area contributed by atoms with Crippen molar-refractivity contribution in [3.05, 3.63) is 47.0 Å². The first-order valence-electron chi connectivity index (χ1n) is 9.06. The lowest BCUT2D eigenvalue weighted by Crippen LogP contribution is -2.84. The van der Waals surface area contributed by atoms with E-state index in [1.807, 2.05) is 6.92 Å². The summed E-state index contributed by atoms with van der Waals surface area (Å²) < 4.78 is 20.4. The highest BCUT2D eigenvalue weighted by molar-refractivity contribution is 6.30. The van der Waals surface area contributed by atoms with Crippen LogP contribution in [0.15, 0.2) is 30.6 Å². The first-order chi connectivity index (χ1) is 13.3. The molecule has 5 rings (SSSR count). The molecule has 1 heterocycles. The van der Waals surface area contributed by atoms with Gasteiger partial charge in [0.25, 0.3) is 11.8 Å². The predicted molar refractivity (Wildman–Crippen MR) is 99.7 cm³/mol. The monoisotopic (exact) mass is 406 g/mol. The minimum absolute atomic E-state index is 0.0000507. The van der Waals surface area contributed by atoms with Gasteiger partial charge < -0.3 is 15.4 Å². The summed E-state index contributed by atoms with van der Waals surface area (Å²) >= 11 is 5.61. The number of rotatable bonds is 7. The third-order valence-corrected chi connectivity index (χ3v) is 5.60. The van der Waals surface area contributed by atoms with Gasteiger partial charge in [-0.3, -0.25) is 14.3 Å². The van der Waals surface area contributed by atoms with E-state index in [1.54, 1.807) is 17.1 Å². The van der Waals surface area contributed by atoms with Gasteiger partial charge in [0.15, 0.2) is 6.61 Å². The molecule has 0 spiro atoms. The van der Waals surface area contributed by atoms with Crippen LogP contribution in [-0.2, 0) is 11.3 Å². The van der Waals surface area contributed by atoms with Crippen molar-refractivity contribution in [1.29, 1.82) is 0 Å². The summed E-state index contributed by atoms with van der Waals surface area (Å²) in [7, 11) is 0. The lowest BCUT2D eigenvalue weighted by Gasteiger charge is -2.70. The Balaban J connectivity index is 1.23. The van der Waals surface area contributed by atoms with E-state index in [0.717, 1.165) is 6.07 Å². The quantitative estimate of drug-likeness (QED) is 0.738. The fraction of sp³-hybridized carbons (Fsp3) is 0.421. The molecule has 0 atom stereocenters. The Labute approximate surface area is 166 Å². The van der Waals surface area contributed by atoms with E-state index in [-0.39, 0.29) is 40.3 Å². The van der Waals surface area contributed by atoms with Gasteiger partial charge in [-0.15, -0.1) is 0 Å². The first-order valence-corrected chi connectivity index (χ1v) is 9.44. The molecule has 0 aliphatic heterocycles. The molecule has 1 aromatic carbocycles. The third kappa shape index (κ3) is 3.44. The number of carbonyl (C=O) groups excluding carboxylic acids is 2. The standard InChI is InChI=1S/C19H20ClFN4O3/c1-2-25-7-12(6-22-25)17(27)24-19-9-18(10-19,11-19)23-16(26)8-28-13-3-4-14(20)15(21)5-13/h3-7H,2,8-11H2,1H3,(H,23,26)(H,24,27). The Hall–Kier alpha value is -2.61. The average Bonchev–Trinajstić information content (AvgIpc) is 3.09. The first kappa shape index (κ1) is 18.7. The van der Waals surface area contributed by atoms with Crippen molar-refractivity contribution >= 4 is 23.4 Å². The molecule has 148 valence electrons. The lowest BCUT2D eigenvalue weighted by molar-refractivity contribution is -0.141. The molecule has 3 aliphatic rings. The van der Waals surface area contributed by atoms with E-state index in [1.165, 1.54) is 12.1 Å². The average molecular weight is 407 g/mol. The zero-order valence-electron chi connectivity index (χ0n) is 15.3. The normalized spacial score (nSPS) is 24.7. The summed E-state index contributed by atoms with van der Waals surface area (Å²) in [5.41, 5.74) is -0.000874. The Morgan fingerprint density at radius 1 is 1.29 bits per heavy atom. The lowest BCUT2D eigenvalue weighted by atomic mass is 9.44. The number of nitrogens with one attached hydrogen (secondary N) is 2. The topological polar surface area (TPSA) is 85.2 Å². The largest absolute Gasteiger partial charge is 0.484 e. The van der Waals surface area contributed by atoms with Crippen LogP contribution in [0.2, 0.25) is 5.02 Å². The Morgan fingerprint density at radius 3 is 2.64 bits per heavy atom. The van der Waals surface area contributed by atoms with Crippen LogP contribution < -0.4 is 15.4 Å². The minimum Gasteiger partial charge on any atom is -0.484 e. The van der Waals surface area contributed by atoms with Crippen molar-refractivity contribution in [3.63, 3.8) is 0 Å². The smallest absolute Gasteiger partial charge is 0.258 e. The van der Waals surface area contributed by atoms with Crippen molar-refractivity contribution in [3.8, 4) is 5.75 Å². The van der Waals surface area contributed by atoms with Gasteiger partial charge in [-0.05, 0) is 38.3 Å². The van der Waals surface area contributed by atoms with Gasteiger partial charge in [-0.25, -0.2) is 4.39 Å². The zero-order valence-corrected chi connectivity index (χ0v) is 16.1. The summed E-state index contributed by atoms with van der Waals surface area (Å²) in [4.78, 5) is 24.5. The highest BCUT2D eigenvalue weighted by Gasteiger charge is 2.69. The number of benzene rings is 1. The fourth-order valence-electron chi connectivity index (χ4n) is 4.07. The van der Waals surface area contributed by atoms with Crippen LogP contribution in [0.5, 0.6) is 5.75 Å². The van der Waals surface area contributed by atoms with Crippen LogP contribution >= 0.6 is 11.6 Å². The summed E-state index contributed by atoms with van der Waals surface area (Å²) in [5.74, 6) is -0.779. The van der Waals surface area contributed by atoms with Crippen molar-refractivity contribution in [2.45, 2.75) is 43.8 Å². The zero-order chi connectivity index (χ0) is 19.9. The van der Waals surface area contributed by atoms with Gasteiger partial charge in [0.05, 0.1) is 16.8 Å².